The molecule has 35 heavy (non-hydrogen) atoms. The molecular weight excluding hydrogens is 468 g/mol. The van der Waals surface area contributed by atoms with Gasteiger partial charge in [0, 0.05) is 5.69 Å². The number of esters is 1. The van der Waals surface area contributed by atoms with Crippen LogP contribution in [0.1, 0.15) is 28.4 Å². The number of benzene rings is 3. The van der Waals surface area contributed by atoms with Crippen LogP contribution in [-0.2, 0) is 4.79 Å². The molecule has 0 saturated heterocycles. The van der Waals surface area contributed by atoms with E-state index < -0.39 is 11.9 Å². The van der Waals surface area contributed by atoms with Crippen molar-refractivity contribution < 1.29 is 23.8 Å². The lowest BCUT2D eigenvalue weighted by atomic mass is 10.1. The van der Waals surface area contributed by atoms with E-state index in [1.807, 2.05) is 25.1 Å². The predicted molar refractivity (Wildman–Crippen MR) is 134 cm³/mol. The van der Waals surface area contributed by atoms with E-state index in [1.54, 1.807) is 49.4 Å². The SMILES string of the molecule is CCOc1cc(/C=C(\C#N)C(=O)Nc2ccc(C)cc2)cc(Cl)c1OC(=O)c1ccc(OC)cc1. The number of amides is 1. The van der Waals surface area contributed by atoms with Crippen LogP contribution < -0.4 is 19.5 Å². The highest BCUT2D eigenvalue weighted by molar-refractivity contribution is 6.32. The number of aryl methyl sites for hydroxylation is 1. The van der Waals surface area contributed by atoms with Crippen LogP contribution in [-0.4, -0.2) is 25.6 Å². The average Bonchev–Trinajstić information content (AvgIpc) is 2.86. The fraction of sp³-hybridized carbons (Fsp3) is 0.148. The first-order chi connectivity index (χ1) is 16.8. The summed E-state index contributed by atoms with van der Waals surface area (Å²) < 4.78 is 16.2. The number of halogens is 1. The molecule has 0 aliphatic rings. The second-order valence-electron chi connectivity index (χ2n) is 7.37. The van der Waals surface area contributed by atoms with Crippen LogP contribution in [0.5, 0.6) is 17.2 Å². The molecule has 0 aromatic heterocycles. The number of hydrogen-bond acceptors (Lipinski definition) is 6. The summed E-state index contributed by atoms with van der Waals surface area (Å²) in [5.74, 6) is -0.363. The van der Waals surface area contributed by atoms with Crippen LogP contribution in [0.4, 0.5) is 5.69 Å². The summed E-state index contributed by atoms with van der Waals surface area (Å²) in [5.41, 5.74) is 2.21. The van der Waals surface area contributed by atoms with Crippen LogP contribution >= 0.6 is 11.6 Å². The van der Waals surface area contributed by atoms with Gasteiger partial charge in [0.25, 0.3) is 5.91 Å². The standard InChI is InChI=1S/C27H23ClN2O5/c1-4-34-24-15-18(13-20(16-29)26(31)30-21-9-5-17(2)6-10-21)14-23(28)25(24)35-27(32)19-7-11-22(33-3)12-8-19/h5-15H,4H2,1-3H3,(H,30,31)/b20-13+. The van der Waals surface area contributed by atoms with Gasteiger partial charge in [-0.3, -0.25) is 4.79 Å². The molecule has 3 rings (SSSR count). The lowest BCUT2D eigenvalue weighted by Crippen LogP contribution is -2.13. The second kappa shape index (κ2) is 11.7. The third-order valence-corrected chi connectivity index (χ3v) is 5.12. The van der Waals surface area contributed by atoms with Gasteiger partial charge in [0.1, 0.15) is 17.4 Å². The molecule has 0 bridgehead atoms. The molecule has 0 fully saturated rings. The van der Waals surface area contributed by atoms with Crippen LogP contribution in [0.25, 0.3) is 6.08 Å². The normalized spacial score (nSPS) is 10.8. The zero-order valence-electron chi connectivity index (χ0n) is 19.4. The van der Waals surface area contributed by atoms with Gasteiger partial charge in [-0.1, -0.05) is 29.3 Å². The molecule has 3 aromatic rings. The minimum absolute atomic E-state index is 0.0362. The number of nitrogens with one attached hydrogen (secondary N) is 1. The highest BCUT2D eigenvalue weighted by Crippen LogP contribution is 2.38. The Morgan fingerprint density at radius 3 is 2.37 bits per heavy atom. The molecule has 0 spiro atoms. The summed E-state index contributed by atoms with van der Waals surface area (Å²) in [4.78, 5) is 25.2. The lowest BCUT2D eigenvalue weighted by Gasteiger charge is -2.14. The first kappa shape index (κ1) is 25.3. The number of carbonyl (C=O) groups excluding carboxylic acids is 2. The van der Waals surface area contributed by atoms with Crippen LogP contribution in [0.2, 0.25) is 5.02 Å². The fourth-order valence-electron chi connectivity index (χ4n) is 3.06. The van der Waals surface area contributed by atoms with E-state index in [2.05, 4.69) is 5.32 Å². The third kappa shape index (κ3) is 6.62. The van der Waals surface area contributed by atoms with Crippen LogP contribution in [0.3, 0.4) is 0 Å². The van der Waals surface area contributed by atoms with Gasteiger partial charge in [-0.15, -0.1) is 0 Å². The highest BCUT2D eigenvalue weighted by atomic mass is 35.5. The Labute approximate surface area is 208 Å². The molecule has 178 valence electrons. The van der Waals surface area contributed by atoms with Crippen molar-refractivity contribution in [1.29, 1.82) is 5.26 Å². The van der Waals surface area contributed by atoms with Crippen molar-refractivity contribution in [3.05, 3.63) is 87.9 Å². The zero-order valence-corrected chi connectivity index (χ0v) is 20.2. The monoisotopic (exact) mass is 490 g/mol. The number of ether oxygens (including phenoxy) is 3. The van der Waals surface area contributed by atoms with E-state index in [0.717, 1.165) is 5.56 Å². The number of nitrogens with zero attached hydrogens (tertiary/aromatic N) is 1. The molecule has 1 amide bonds. The first-order valence-electron chi connectivity index (χ1n) is 10.7. The molecule has 0 saturated carbocycles. The molecule has 0 aliphatic heterocycles. The summed E-state index contributed by atoms with van der Waals surface area (Å²) in [7, 11) is 1.53. The predicted octanol–water partition coefficient (Wildman–Crippen LogP) is 5.82. The number of hydrogen-bond donors (Lipinski definition) is 1. The van der Waals surface area contributed by atoms with E-state index in [4.69, 9.17) is 25.8 Å². The minimum atomic E-state index is -0.631. The van der Waals surface area contributed by atoms with Crippen molar-refractivity contribution in [3.8, 4) is 23.3 Å². The van der Waals surface area contributed by atoms with Gasteiger partial charge in [0.05, 0.1) is 24.3 Å². The molecule has 0 heterocycles. The maximum Gasteiger partial charge on any atom is 0.343 e. The fourth-order valence-corrected chi connectivity index (χ4v) is 3.32. The minimum Gasteiger partial charge on any atom is -0.497 e. The van der Waals surface area contributed by atoms with E-state index in [0.29, 0.717) is 22.6 Å². The summed E-state index contributed by atoms with van der Waals surface area (Å²) in [6.07, 6.45) is 1.38. The van der Waals surface area contributed by atoms with E-state index in [-0.39, 0.29) is 28.7 Å². The van der Waals surface area contributed by atoms with Crippen molar-refractivity contribution in [1.82, 2.24) is 0 Å². The lowest BCUT2D eigenvalue weighted by molar-refractivity contribution is -0.112. The molecule has 0 aliphatic carbocycles. The van der Waals surface area contributed by atoms with Gasteiger partial charge in [-0.25, -0.2) is 4.79 Å². The first-order valence-corrected chi connectivity index (χ1v) is 11.0. The van der Waals surface area contributed by atoms with E-state index >= 15 is 0 Å². The summed E-state index contributed by atoms with van der Waals surface area (Å²) in [6, 6.07) is 18.5. The van der Waals surface area contributed by atoms with Crippen molar-refractivity contribution in [3.63, 3.8) is 0 Å². The van der Waals surface area contributed by atoms with E-state index in [1.165, 1.54) is 19.3 Å². The Bertz CT molecular complexity index is 1290. The maximum atomic E-state index is 12.6. The van der Waals surface area contributed by atoms with Gasteiger partial charge < -0.3 is 19.5 Å². The van der Waals surface area contributed by atoms with Crippen molar-refractivity contribution in [2.45, 2.75) is 13.8 Å². The quantitative estimate of drug-likeness (QED) is 0.185. The highest BCUT2D eigenvalue weighted by Gasteiger charge is 2.18. The molecule has 0 radical (unpaired) electrons. The molecule has 3 aromatic carbocycles. The number of nitriles is 1. The topological polar surface area (TPSA) is 97.6 Å². The molecule has 8 heteroatoms. The van der Waals surface area contributed by atoms with Crippen molar-refractivity contribution in [2.24, 2.45) is 0 Å². The molecule has 1 N–H and O–H groups in total. The Balaban J connectivity index is 1.86. The smallest absolute Gasteiger partial charge is 0.343 e. The van der Waals surface area contributed by atoms with Crippen LogP contribution in [0.15, 0.2) is 66.2 Å². The van der Waals surface area contributed by atoms with Gasteiger partial charge in [-0.05, 0) is 74.0 Å². The average molecular weight is 491 g/mol. The number of carbonyl (C=O) groups is 2. The number of anilines is 1. The molecule has 7 nitrogen and oxygen atoms in total. The van der Waals surface area contributed by atoms with Crippen molar-refractivity contribution >= 4 is 35.2 Å². The zero-order chi connectivity index (χ0) is 25.4. The molecule has 0 atom stereocenters. The van der Waals surface area contributed by atoms with Gasteiger partial charge in [-0.2, -0.15) is 5.26 Å². The van der Waals surface area contributed by atoms with Gasteiger partial charge in [0.2, 0.25) is 0 Å². The largest absolute Gasteiger partial charge is 0.497 e. The van der Waals surface area contributed by atoms with Gasteiger partial charge in [0.15, 0.2) is 11.5 Å². The van der Waals surface area contributed by atoms with Crippen LogP contribution in [0, 0.1) is 18.3 Å². The number of methoxy groups -OCH3 is 1. The Morgan fingerprint density at radius 1 is 1.09 bits per heavy atom. The summed E-state index contributed by atoms with van der Waals surface area (Å²) in [5, 5.41) is 12.3. The molecule has 0 unspecified atom stereocenters. The Morgan fingerprint density at radius 2 is 1.77 bits per heavy atom. The second-order valence-corrected chi connectivity index (χ2v) is 7.78. The Hall–Kier alpha value is -4.28. The summed E-state index contributed by atoms with van der Waals surface area (Å²) >= 11 is 6.41. The third-order valence-electron chi connectivity index (χ3n) is 4.84. The van der Waals surface area contributed by atoms with Crippen molar-refractivity contribution in [2.75, 3.05) is 19.0 Å². The number of rotatable bonds is 8. The van der Waals surface area contributed by atoms with E-state index in [9.17, 15) is 14.9 Å². The van der Waals surface area contributed by atoms with Gasteiger partial charge >= 0.3 is 5.97 Å². The summed E-state index contributed by atoms with van der Waals surface area (Å²) in [6.45, 7) is 3.97. The Kier molecular flexibility index (Phi) is 8.49. The maximum absolute atomic E-state index is 12.6. The molecular formula is C27H23ClN2O5.